The number of hydrogen-bond donors (Lipinski definition) is 1. The summed E-state index contributed by atoms with van der Waals surface area (Å²) in [7, 11) is 0. The molecule has 1 fully saturated rings. The van der Waals surface area contributed by atoms with Gasteiger partial charge in [-0.15, -0.1) is 0 Å². The van der Waals surface area contributed by atoms with E-state index in [4.69, 9.17) is 4.74 Å². The van der Waals surface area contributed by atoms with Crippen molar-refractivity contribution in [1.29, 1.82) is 0 Å². The van der Waals surface area contributed by atoms with Crippen LogP contribution in [0.25, 0.3) is 0 Å². The van der Waals surface area contributed by atoms with Crippen molar-refractivity contribution in [2.45, 2.75) is 31.8 Å². The third-order valence-electron chi connectivity index (χ3n) is 2.97. The van der Waals surface area contributed by atoms with Gasteiger partial charge in [-0.2, -0.15) is 0 Å². The van der Waals surface area contributed by atoms with E-state index in [1.165, 1.54) is 0 Å². The minimum atomic E-state index is -1.13. The quantitative estimate of drug-likeness (QED) is 0.728. The van der Waals surface area contributed by atoms with Crippen molar-refractivity contribution < 1.29 is 43.9 Å². The SMILES string of the molecule is CCCCC1(c2ccccc2)OC(=O)NC1=O.[Na+]. The fourth-order valence-corrected chi connectivity index (χ4v) is 2.06. The maximum Gasteiger partial charge on any atom is 1.00 e. The van der Waals surface area contributed by atoms with Crippen molar-refractivity contribution in [3.05, 3.63) is 35.9 Å². The monoisotopic (exact) mass is 256 g/mol. The van der Waals surface area contributed by atoms with Crippen LogP contribution in [0.5, 0.6) is 0 Å². The Kier molecular flexibility index (Phi) is 5.38. The third-order valence-corrected chi connectivity index (χ3v) is 2.97. The molecule has 1 saturated heterocycles. The first-order valence-electron chi connectivity index (χ1n) is 5.79. The second kappa shape index (κ2) is 6.36. The molecule has 90 valence electrons. The first kappa shape index (κ1) is 15.2. The van der Waals surface area contributed by atoms with Crippen LogP contribution in [0.1, 0.15) is 31.7 Å². The minimum Gasteiger partial charge on any atom is -0.427 e. The van der Waals surface area contributed by atoms with Gasteiger partial charge in [0.05, 0.1) is 0 Å². The summed E-state index contributed by atoms with van der Waals surface area (Å²) in [6.45, 7) is 2.04. The van der Waals surface area contributed by atoms with Crippen LogP contribution in [0.2, 0.25) is 0 Å². The number of hydrogen-bond acceptors (Lipinski definition) is 3. The van der Waals surface area contributed by atoms with Gasteiger partial charge in [0, 0.05) is 12.0 Å². The Morgan fingerprint density at radius 1 is 1.22 bits per heavy atom. The maximum absolute atomic E-state index is 12.0. The Morgan fingerprint density at radius 3 is 2.39 bits per heavy atom. The molecule has 0 radical (unpaired) electrons. The minimum absolute atomic E-state index is 0. The average molecular weight is 256 g/mol. The van der Waals surface area contributed by atoms with Gasteiger partial charge < -0.3 is 4.74 Å². The molecule has 0 aliphatic carbocycles. The predicted octanol–water partition coefficient (Wildman–Crippen LogP) is -0.657. The summed E-state index contributed by atoms with van der Waals surface area (Å²) in [5, 5.41) is 2.21. The van der Waals surface area contributed by atoms with Crippen molar-refractivity contribution in [3.8, 4) is 0 Å². The van der Waals surface area contributed by atoms with Crippen molar-refractivity contribution in [2.75, 3.05) is 0 Å². The Labute approximate surface area is 128 Å². The van der Waals surface area contributed by atoms with Crippen LogP contribution < -0.4 is 34.9 Å². The van der Waals surface area contributed by atoms with Crippen molar-refractivity contribution in [1.82, 2.24) is 5.32 Å². The summed E-state index contributed by atoms with van der Waals surface area (Å²) >= 11 is 0. The maximum atomic E-state index is 12.0. The van der Waals surface area contributed by atoms with E-state index in [2.05, 4.69) is 5.32 Å². The molecule has 5 heteroatoms. The molecule has 0 bridgehead atoms. The molecule has 0 saturated carbocycles. The van der Waals surface area contributed by atoms with Crippen LogP contribution in [0.15, 0.2) is 30.3 Å². The molecule has 4 nitrogen and oxygen atoms in total. The number of amides is 2. The number of ether oxygens (including phenoxy) is 1. The number of carbonyl (C=O) groups excluding carboxylic acids is 2. The molecule has 1 aliphatic heterocycles. The summed E-state index contributed by atoms with van der Waals surface area (Å²) in [6.07, 6.45) is 1.63. The van der Waals surface area contributed by atoms with Gasteiger partial charge in [-0.25, -0.2) is 4.79 Å². The number of carbonyl (C=O) groups is 2. The smallest absolute Gasteiger partial charge is 0.427 e. The number of benzene rings is 1. The van der Waals surface area contributed by atoms with E-state index in [-0.39, 0.29) is 35.5 Å². The largest absolute Gasteiger partial charge is 1.00 e. The molecule has 1 aromatic rings. The summed E-state index contributed by atoms with van der Waals surface area (Å²) < 4.78 is 5.25. The second-order valence-electron chi connectivity index (χ2n) is 4.14. The Hall–Kier alpha value is -0.840. The number of rotatable bonds is 4. The van der Waals surface area contributed by atoms with Crippen molar-refractivity contribution >= 4 is 12.0 Å². The number of cyclic esters (lactones) is 1. The van der Waals surface area contributed by atoms with Gasteiger partial charge in [-0.1, -0.05) is 43.7 Å². The molecular formula is C13H15NNaO3+. The number of unbranched alkanes of at least 4 members (excludes halogenated alkanes) is 1. The van der Waals surface area contributed by atoms with Crippen LogP contribution in [0, 0.1) is 0 Å². The van der Waals surface area contributed by atoms with Crippen molar-refractivity contribution in [2.24, 2.45) is 0 Å². The molecule has 18 heavy (non-hydrogen) atoms. The van der Waals surface area contributed by atoms with Gasteiger partial charge in [0.25, 0.3) is 5.91 Å². The van der Waals surface area contributed by atoms with Crippen LogP contribution in [-0.2, 0) is 15.1 Å². The molecule has 0 spiro atoms. The van der Waals surface area contributed by atoms with E-state index in [0.717, 1.165) is 18.4 Å². The first-order chi connectivity index (χ1) is 8.19. The Balaban J connectivity index is 0.00000162. The van der Waals surface area contributed by atoms with Crippen LogP contribution in [0.4, 0.5) is 4.79 Å². The zero-order chi connectivity index (χ0) is 12.3. The summed E-state index contributed by atoms with van der Waals surface area (Å²) in [4.78, 5) is 23.2. The number of imide groups is 1. The predicted molar refractivity (Wildman–Crippen MR) is 62.3 cm³/mol. The molecule has 1 aliphatic rings. The third kappa shape index (κ3) is 2.76. The van der Waals surface area contributed by atoms with E-state index in [1.807, 2.05) is 37.3 Å². The Bertz CT molecular complexity index is 435. The normalized spacial score (nSPS) is 22.1. The molecule has 1 N–H and O–H groups in total. The molecule has 1 aromatic carbocycles. The van der Waals surface area contributed by atoms with E-state index in [0.29, 0.717) is 6.42 Å². The molecule has 2 rings (SSSR count). The number of alkyl carbamates (subject to hydrolysis) is 1. The van der Waals surface area contributed by atoms with Gasteiger partial charge >= 0.3 is 35.7 Å². The molecular weight excluding hydrogens is 241 g/mol. The van der Waals surface area contributed by atoms with Gasteiger partial charge in [0.2, 0.25) is 5.60 Å². The Morgan fingerprint density at radius 2 is 1.89 bits per heavy atom. The van der Waals surface area contributed by atoms with Crippen molar-refractivity contribution in [3.63, 3.8) is 0 Å². The van der Waals surface area contributed by atoms with E-state index in [9.17, 15) is 9.59 Å². The van der Waals surface area contributed by atoms with Gasteiger partial charge in [-0.3, -0.25) is 10.1 Å². The molecule has 1 atom stereocenters. The van der Waals surface area contributed by atoms with Gasteiger partial charge in [0.15, 0.2) is 0 Å². The molecule has 2 amide bonds. The van der Waals surface area contributed by atoms with Crippen LogP contribution in [0.3, 0.4) is 0 Å². The zero-order valence-corrected chi connectivity index (χ0v) is 12.7. The van der Waals surface area contributed by atoms with E-state index < -0.39 is 11.7 Å². The summed E-state index contributed by atoms with van der Waals surface area (Å²) in [5.41, 5.74) is -0.397. The van der Waals surface area contributed by atoms with Crippen LogP contribution >= 0.6 is 0 Å². The van der Waals surface area contributed by atoms with E-state index >= 15 is 0 Å². The fraction of sp³-hybridized carbons (Fsp3) is 0.385. The molecule has 1 heterocycles. The second-order valence-corrected chi connectivity index (χ2v) is 4.14. The standard InChI is InChI=1S/C13H15NO3.Na/c1-2-3-9-13(10-7-5-4-6-8-10)11(15)14-12(16)17-13;/h4-8H,2-3,9H2,1H3,(H,14,15,16);/q;+1. The zero-order valence-electron chi connectivity index (χ0n) is 10.7. The van der Waals surface area contributed by atoms with Gasteiger partial charge in [0.1, 0.15) is 0 Å². The van der Waals surface area contributed by atoms with Crippen LogP contribution in [-0.4, -0.2) is 12.0 Å². The average Bonchev–Trinajstić information content (AvgIpc) is 2.64. The molecule has 1 unspecified atom stereocenters. The topological polar surface area (TPSA) is 55.4 Å². The summed E-state index contributed by atoms with van der Waals surface area (Å²) in [6, 6.07) is 9.16. The number of nitrogens with one attached hydrogen (secondary N) is 1. The molecule has 0 aromatic heterocycles. The van der Waals surface area contributed by atoms with Gasteiger partial charge in [-0.05, 0) is 6.42 Å². The summed E-state index contributed by atoms with van der Waals surface area (Å²) in [5.74, 6) is -0.359. The fourth-order valence-electron chi connectivity index (χ4n) is 2.06. The first-order valence-corrected chi connectivity index (χ1v) is 5.79. The van der Waals surface area contributed by atoms with E-state index in [1.54, 1.807) is 0 Å².